The van der Waals surface area contributed by atoms with Gasteiger partial charge in [0.15, 0.2) is 11.5 Å². The molecule has 0 saturated heterocycles. The first-order valence-corrected chi connectivity index (χ1v) is 8.55. The van der Waals surface area contributed by atoms with Gasteiger partial charge in [-0.25, -0.2) is 4.79 Å². The average molecular weight is 353 g/mol. The number of hydrogen-bond donors (Lipinski definition) is 2. The number of fused-ring (bicyclic) bond motifs is 2. The molecule has 2 aliphatic rings. The molecule has 2 N–H and O–H groups in total. The van der Waals surface area contributed by atoms with Crippen molar-refractivity contribution in [2.24, 2.45) is 0 Å². The molecule has 0 atom stereocenters. The number of carbonyl (C=O) groups excluding carboxylic acids is 2. The summed E-state index contributed by atoms with van der Waals surface area (Å²) in [7, 11) is 0. The molecule has 7 heteroatoms. The standard InChI is InChI=1S/C19H19N3O4/c1-2-22-15-6-4-13(9-12(15)3-8-18(22)23)20-19(24)21-14-5-7-16-17(10-14)26-11-25-16/h4-7,9-10H,2-3,8,11H2,1H3,(H2,20,21,24). The zero-order chi connectivity index (χ0) is 18.1. The number of amides is 3. The average Bonchev–Trinajstić information content (AvgIpc) is 3.09. The molecule has 0 unspecified atom stereocenters. The molecule has 3 amide bonds. The van der Waals surface area contributed by atoms with Gasteiger partial charge in [-0.15, -0.1) is 0 Å². The van der Waals surface area contributed by atoms with Gasteiger partial charge in [0, 0.05) is 36.1 Å². The van der Waals surface area contributed by atoms with E-state index in [2.05, 4.69) is 10.6 Å². The van der Waals surface area contributed by atoms with Crippen LogP contribution < -0.4 is 25.0 Å². The molecule has 0 aromatic heterocycles. The van der Waals surface area contributed by atoms with E-state index in [4.69, 9.17) is 9.47 Å². The van der Waals surface area contributed by atoms with Crippen LogP contribution in [0.1, 0.15) is 18.9 Å². The highest BCUT2D eigenvalue weighted by Crippen LogP contribution is 2.34. The third-order valence-electron chi connectivity index (χ3n) is 4.48. The van der Waals surface area contributed by atoms with Gasteiger partial charge in [0.05, 0.1) is 0 Å². The number of ether oxygens (including phenoxy) is 2. The molecule has 4 rings (SSSR count). The summed E-state index contributed by atoms with van der Waals surface area (Å²) >= 11 is 0. The predicted molar refractivity (Wildman–Crippen MR) is 98.0 cm³/mol. The molecular formula is C19H19N3O4. The van der Waals surface area contributed by atoms with Crippen molar-refractivity contribution in [1.29, 1.82) is 0 Å². The summed E-state index contributed by atoms with van der Waals surface area (Å²) in [6.45, 7) is 2.79. The lowest BCUT2D eigenvalue weighted by molar-refractivity contribution is -0.118. The Morgan fingerprint density at radius 2 is 1.77 bits per heavy atom. The van der Waals surface area contributed by atoms with Crippen LogP contribution in [0.4, 0.5) is 21.9 Å². The topological polar surface area (TPSA) is 79.9 Å². The number of urea groups is 1. The van der Waals surface area contributed by atoms with Crippen LogP contribution in [0.15, 0.2) is 36.4 Å². The van der Waals surface area contributed by atoms with Crippen molar-refractivity contribution in [2.45, 2.75) is 19.8 Å². The van der Waals surface area contributed by atoms with Gasteiger partial charge in [0.25, 0.3) is 0 Å². The van der Waals surface area contributed by atoms with Gasteiger partial charge in [-0.1, -0.05) is 0 Å². The van der Waals surface area contributed by atoms with Gasteiger partial charge >= 0.3 is 6.03 Å². The Labute approximate surface area is 150 Å². The summed E-state index contributed by atoms with van der Waals surface area (Å²) in [6.07, 6.45) is 1.18. The fourth-order valence-electron chi connectivity index (χ4n) is 3.25. The van der Waals surface area contributed by atoms with E-state index >= 15 is 0 Å². The molecule has 7 nitrogen and oxygen atoms in total. The van der Waals surface area contributed by atoms with Gasteiger partial charge < -0.3 is 25.0 Å². The Bertz CT molecular complexity index is 881. The Hall–Kier alpha value is -3.22. The van der Waals surface area contributed by atoms with E-state index in [9.17, 15) is 9.59 Å². The molecule has 2 aromatic rings. The van der Waals surface area contributed by atoms with E-state index in [1.54, 1.807) is 29.2 Å². The van der Waals surface area contributed by atoms with E-state index in [1.165, 1.54) is 0 Å². The van der Waals surface area contributed by atoms with Gasteiger partial charge in [-0.05, 0) is 49.2 Å². The van der Waals surface area contributed by atoms with Crippen molar-refractivity contribution < 1.29 is 19.1 Å². The smallest absolute Gasteiger partial charge is 0.323 e. The second-order valence-electron chi connectivity index (χ2n) is 6.13. The van der Waals surface area contributed by atoms with Gasteiger partial charge in [-0.2, -0.15) is 0 Å². The van der Waals surface area contributed by atoms with Gasteiger partial charge in [0.1, 0.15) is 0 Å². The molecule has 0 aliphatic carbocycles. The van der Waals surface area contributed by atoms with Crippen molar-refractivity contribution in [3.63, 3.8) is 0 Å². The predicted octanol–water partition coefficient (Wildman–Crippen LogP) is 3.36. The maximum absolute atomic E-state index is 12.3. The summed E-state index contributed by atoms with van der Waals surface area (Å²) in [6, 6.07) is 10.5. The maximum Gasteiger partial charge on any atom is 0.323 e. The summed E-state index contributed by atoms with van der Waals surface area (Å²) in [5.41, 5.74) is 3.29. The first kappa shape index (κ1) is 16.3. The van der Waals surface area contributed by atoms with Crippen LogP contribution in [-0.4, -0.2) is 25.3 Å². The molecule has 0 saturated carbocycles. The second-order valence-corrected chi connectivity index (χ2v) is 6.13. The number of nitrogens with zero attached hydrogens (tertiary/aromatic N) is 1. The zero-order valence-electron chi connectivity index (χ0n) is 14.4. The first-order chi connectivity index (χ1) is 12.6. The summed E-state index contributed by atoms with van der Waals surface area (Å²) in [5.74, 6) is 1.42. The van der Waals surface area contributed by atoms with Crippen molar-refractivity contribution in [2.75, 3.05) is 28.9 Å². The van der Waals surface area contributed by atoms with E-state index in [-0.39, 0.29) is 18.7 Å². The van der Waals surface area contributed by atoms with Crippen LogP contribution in [0.3, 0.4) is 0 Å². The summed E-state index contributed by atoms with van der Waals surface area (Å²) in [5, 5.41) is 5.60. The molecule has 2 aromatic carbocycles. The maximum atomic E-state index is 12.3. The van der Waals surface area contributed by atoms with Gasteiger partial charge in [0.2, 0.25) is 12.7 Å². The van der Waals surface area contributed by atoms with Crippen molar-refractivity contribution in [1.82, 2.24) is 0 Å². The number of nitrogens with one attached hydrogen (secondary N) is 2. The summed E-state index contributed by atoms with van der Waals surface area (Å²) in [4.78, 5) is 26.0. The van der Waals surface area contributed by atoms with Crippen LogP contribution in [-0.2, 0) is 11.2 Å². The largest absolute Gasteiger partial charge is 0.454 e. The molecule has 2 heterocycles. The highest BCUT2D eigenvalue weighted by molar-refractivity contribution is 6.01. The minimum absolute atomic E-state index is 0.140. The first-order valence-electron chi connectivity index (χ1n) is 8.55. The molecule has 134 valence electrons. The number of carbonyl (C=O) groups is 2. The fraction of sp³-hybridized carbons (Fsp3) is 0.263. The minimum Gasteiger partial charge on any atom is -0.454 e. The van der Waals surface area contributed by atoms with E-state index < -0.39 is 0 Å². The monoisotopic (exact) mass is 353 g/mol. The number of aryl methyl sites for hydroxylation is 1. The Kier molecular flexibility index (Phi) is 4.12. The van der Waals surface area contributed by atoms with E-state index in [1.807, 2.05) is 19.1 Å². The molecular weight excluding hydrogens is 334 g/mol. The normalized spacial score (nSPS) is 14.8. The second kappa shape index (κ2) is 6.59. The number of benzene rings is 2. The third-order valence-corrected chi connectivity index (χ3v) is 4.48. The lowest BCUT2D eigenvalue weighted by Gasteiger charge is -2.28. The van der Waals surface area contributed by atoms with Crippen molar-refractivity contribution in [3.8, 4) is 11.5 Å². The quantitative estimate of drug-likeness (QED) is 0.887. The number of hydrogen-bond acceptors (Lipinski definition) is 4. The van der Waals surface area contributed by atoms with Crippen LogP contribution in [0.2, 0.25) is 0 Å². The molecule has 2 aliphatic heterocycles. The van der Waals surface area contributed by atoms with Gasteiger partial charge in [-0.3, -0.25) is 4.79 Å². The van der Waals surface area contributed by atoms with E-state index in [0.29, 0.717) is 42.3 Å². The summed E-state index contributed by atoms with van der Waals surface area (Å²) < 4.78 is 10.6. The minimum atomic E-state index is -0.344. The lowest BCUT2D eigenvalue weighted by atomic mass is 10.0. The molecule has 0 bridgehead atoms. The Morgan fingerprint density at radius 3 is 2.58 bits per heavy atom. The van der Waals surface area contributed by atoms with E-state index in [0.717, 1.165) is 11.3 Å². The molecule has 26 heavy (non-hydrogen) atoms. The highest BCUT2D eigenvalue weighted by atomic mass is 16.7. The lowest BCUT2D eigenvalue weighted by Crippen LogP contribution is -2.34. The third kappa shape index (κ3) is 3.03. The van der Waals surface area contributed by atoms with Crippen molar-refractivity contribution in [3.05, 3.63) is 42.0 Å². The number of anilines is 3. The fourth-order valence-corrected chi connectivity index (χ4v) is 3.25. The molecule has 0 spiro atoms. The Morgan fingerprint density at radius 1 is 1.04 bits per heavy atom. The Balaban J connectivity index is 1.46. The highest BCUT2D eigenvalue weighted by Gasteiger charge is 2.23. The SMILES string of the molecule is CCN1C(=O)CCc2cc(NC(=O)Nc3ccc4c(c3)OCO4)ccc21. The van der Waals surface area contributed by atoms with Crippen LogP contribution >= 0.6 is 0 Å². The van der Waals surface area contributed by atoms with Crippen LogP contribution in [0.25, 0.3) is 0 Å². The van der Waals surface area contributed by atoms with Crippen LogP contribution in [0, 0.1) is 0 Å². The molecule has 0 radical (unpaired) electrons. The number of rotatable bonds is 3. The van der Waals surface area contributed by atoms with Crippen molar-refractivity contribution >= 4 is 29.0 Å². The molecule has 0 fully saturated rings. The zero-order valence-corrected chi connectivity index (χ0v) is 14.4. The van der Waals surface area contributed by atoms with Crippen LogP contribution in [0.5, 0.6) is 11.5 Å².